The van der Waals surface area contributed by atoms with Crippen molar-refractivity contribution in [2.45, 2.75) is 27.7 Å². The largest absolute Gasteiger partial charge is 0.392 e. The van der Waals surface area contributed by atoms with Crippen LogP contribution in [0.1, 0.15) is 27.7 Å². The Bertz CT molecular complexity index is 210. The second-order valence-corrected chi connectivity index (χ2v) is 3.91. The smallest absolute Gasteiger partial charge is 0.235 e. The molecule has 0 rings (SSSR count). The molecule has 0 aromatic heterocycles. The fourth-order valence-electron chi connectivity index (χ4n) is 1.01. The Morgan fingerprint density at radius 1 is 1.38 bits per heavy atom. The van der Waals surface area contributed by atoms with Crippen molar-refractivity contribution < 1.29 is 4.79 Å². The van der Waals surface area contributed by atoms with Crippen LogP contribution < -0.4 is 5.73 Å². The lowest BCUT2D eigenvalue weighted by molar-refractivity contribution is -0.136. The molecule has 0 unspecified atom stereocenters. The molecule has 0 bridgehead atoms. The van der Waals surface area contributed by atoms with Crippen LogP contribution in [0.5, 0.6) is 0 Å². The summed E-state index contributed by atoms with van der Waals surface area (Å²) in [6.45, 7) is 8.79. The second kappa shape index (κ2) is 4.56. The van der Waals surface area contributed by atoms with Gasteiger partial charge < -0.3 is 10.6 Å². The highest BCUT2D eigenvalue weighted by Gasteiger charge is 2.33. The summed E-state index contributed by atoms with van der Waals surface area (Å²) in [5.41, 5.74) is 4.78. The van der Waals surface area contributed by atoms with Gasteiger partial charge in [-0.3, -0.25) is 4.79 Å². The van der Waals surface area contributed by atoms with E-state index in [0.29, 0.717) is 13.1 Å². The summed E-state index contributed by atoms with van der Waals surface area (Å²) in [7, 11) is 0. The predicted molar refractivity (Wildman–Crippen MR) is 58.5 cm³/mol. The minimum absolute atomic E-state index is 0.00463. The molecule has 0 fully saturated rings. The first kappa shape index (κ1) is 12.4. The molecule has 3 nitrogen and oxygen atoms in total. The number of hydrogen-bond acceptors (Lipinski definition) is 2. The quantitative estimate of drug-likeness (QED) is 0.696. The first-order valence-corrected chi connectivity index (χ1v) is 4.88. The summed E-state index contributed by atoms with van der Waals surface area (Å²) in [6.07, 6.45) is 0. The van der Waals surface area contributed by atoms with Crippen molar-refractivity contribution in [3.8, 4) is 0 Å². The zero-order valence-corrected chi connectivity index (χ0v) is 9.57. The van der Waals surface area contributed by atoms with Gasteiger partial charge in [0.15, 0.2) is 0 Å². The van der Waals surface area contributed by atoms with E-state index in [2.05, 4.69) is 0 Å². The molecule has 0 aliphatic rings. The van der Waals surface area contributed by atoms with Gasteiger partial charge in [0.05, 0.1) is 10.4 Å². The molecular formula is C9H18N2OS. The van der Waals surface area contributed by atoms with Gasteiger partial charge in [0.1, 0.15) is 0 Å². The van der Waals surface area contributed by atoms with Gasteiger partial charge in [-0.15, -0.1) is 0 Å². The van der Waals surface area contributed by atoms with Gasteiger partial charge in [0.25, 0.3) is 0 Å². The normalized spacial score (nSPS) is 11.1. The van der Waals surface area contributed by atoms with E-state index >= 15 is 0 Å². The molecule has 76 valence electrons. The van der Waals surface area contributed by atoms with Crippen LogP contribution in [0.3, 0.4) is 0 Å². The number of rotatable bonds is 4. The maximum absolute atomic E-state index is 11.8. The molecule has 0 saturated carbocycles. The van der Waals surface area contributed by atoms with Gasteiger partial charge in [-0.25, -0.2) is 0 Å². The predicted octanol–water partition coefficient (Wildman–Crippen LogP) is 1.17. The molecule has 0 aliphatic heterocycles. The lowest BCUT2D eigenvalue weighted by Crippen LogP contribution is -2.47. The van der Waals surface area contributed by atoms with E-state index in [1.165, 1.54) is 0 Å². The van der Waals surface area contributed by atoms with Crippen LogP contribution in [-0.2, 0) is 4.79 Å². The average Bonchev–Trinajstić information content (AvgIpc) is 2.06. The lowest BCUT2D eigenvalue weighted by atomic mass is 9.91. The zero-order valence-electron chi connectivity index (χ0n) is 8.76. The van der Waals surface area contributed by atoms with Gasteiger partial charge in [0.2, 0.25) is 5.91 Å². The molecule has 0 saturated heterocycles. The Labute approximate surface area is 85.3 Å². The first-order chi connectivity index (χ1) is 5.87. The van der Waals surface area contributed by atoms with E-state index in [1.54, 1.807) is 18.7 Å². The van der Waals surface area contributed by atoms with E-state index in [1.807, 2.05) is 13.8 Å². The Morgan fingerprint density at radius 3 is 2.00 bits per heavy atom. The van der Waals surface area contributed by atoms with Crippen LogP contribution in [0, 0.1) is 5.41 Å². The van der Waals surface area contributed by atoms with Crippen LogP contribution in [0.25, 0.3) is 0 Å². The third-order valence-electron chi connectivity index (χ3n) is 2.20. The summed E-state index contributed by atoms with van der Waals surface area (Å²) in [6, 6.07) is 0. The fourth-order valence-corrected chi connectivity index (χ4v) is 1.10. The molecule has 0 atom stereocenters. The van der Waals surface area contributed by atoms with E-state index in [9.17, 15) is 4.79 Å². The van der Waals surface area contributed by atoms with Crippen molar-refractivity contribution in [2.75, 3.05) is 13.1 Å². The maximum atomic E-state index is 11.8. The molecule has 0 aromatic rings. The summed E-state index contributed by atoms with van der Waals surface area (Å²) in [5, 5.41) is 0. The highest BCUT2D eigenvalue weighted by molar-refractivity contribution is 7.80. The lowest BCUT2D eigenvalue weighted by Gasteiger charge is -2.29. The summed E-state index contributed by atoms with van der Waals surface area (Å²) in [5.74, 6) is 0.00463. The number of nitrogens with two attached hydrogens (primary N) is 1. The van der Waals surface area contributed by atoms with Crippen molar-refractivity contribution >= 4 is 23.1 Å². The van der Waals surface area contributed by atoms with Crippen molar-refractivity contribution in [1.29, 1.82) is 0 Å². The minimum atomic E-state index is -0.721. The summed E-state index contributed by atoms with van der Waals surface area (Å²) < 4.78 is 0. The molecule has 0 aromatic carbocycles. The van der Waals surface area contributed by atoms with Crippen molar-refractivity contribution in [1.82, 2.24) is 4.90 Å². The molecule has 0 heterocycles. The van der Waals surface area contributed by atoms with E-state index in [-0.39, 0.29) is 10.9 Å². The third-order valence-corrected chi connectivity index (χ3v) is 2.71. The Morgan fingerprint density at radius 2 is 1.77 bits per heavy atom. The molecule has 0 radical (unpaired) electrons. The van der Waals surface area contributed by atoms with Crippen LogP contribution in [0.4, 0.5) is 0 Å². The Balaban J connectivity index is 4.66. The second-order valence-electron chi connectivity index (χ2n) is 3.47. The Kier molecular flexibility index (Phi) is 4.33. The number of hydrogen-bond donors (Lipinski definition) is 1. The van der Waals surface area contributed by atoms with Gasteiger partial charge >= 0.3 is 0 Å². The van der Waals surface area contributed by atoms with Gasteiger partial charge in [0, 0.05) is 13.1 Å². The molecule has 2 N–H and O–H groups in total. The Hall–Kier alpha value is -0.640. The van der Waals surface area contributed by atoms with Gasteiger partial charge in [-0.05, 0) is 27.7 Å². The fraction of sp³-hybridized carbons (Fsp3) is 0.778. The van der Waals surface area contributed by atoms with E-state index in [0.717, 1.165) is 0 Å². The van der Waals surface area contributed by atoms with Crippen LogP contribution >= 0.6 is 12.2 Å². The van der Waals surface area contributed by atoms with Gasteiger partial charge in [-0.1, -0.05) is 12.2 Å². The maximum Gasteiger partial charge on any atom is 0.235 e. The van der Waals surface area contributed by atoms with E-state index < -0.39 is 5.41 Å². The van der Waals surface area contributed by atoms with E-state index in [4.69, 9.17) is 18.0 Å². The average molecular weight is 202 g/mol. The van der Waals surface area contributed by atoms with Crippen molar-refractivity contribution in [2.24, 2.45) is 11.1 Å². The molecule has 4 heteroatoms. The van der Waals surface area contributed by atoms with Crippen LogP contribution in [0.2, 0.25) is 0 Å². The highest BCUT2D eigenvalue weighted by atomic mass is 32.1. The molecular weight excluding hydrogens is 184 g/mol. The standard InChI is InChI=1S/C9H18N2OS/c1-5-11(6-2)8(12)9(3,4)7(10)13/h5-6H2,1-4H3,(H2,10,13). The van der Waals surface area contributed by atoms with Gasteiger partial charge in [-0.2, -0.15) is 0 Å². The van der Waals surface area contributed by atoms with Crippen LogP contribution in [0.15, 0.2) is 0 Å². The molecule has 0 aliphatic carbocycles. The molecule has 13 heavy (non-hydrogen) atoms. The number of carbonyl (C=O) groups excluding carboxylic acids is 1. The van der Waals surface area contributed by atoms with Crippen LogP contribution in [-0.4, -0.2) is 28.9 Å². The number of nitrogens with zero attached hydrogens (tertiary/aromatic N) is 1. The minimum Gasteiger partial charge on any atom is -0.392 e. The number of amides is 1. The summed E-state index contributed by atoms with van der Waals surface area (Å²) >= 11 is 4.85. The summed E-state index contributed by atoms with van der Waals surface area (Å²) in [4.78, 5) is 13.8. The highest BCUT2D eigenvalue weighted by Crippen LogP contribution is 2.18. The van der Waals surface area contributed by atoms with Crippen molar-refractivity contribution in [3.63, 3.8) is 0 Å². The molecule has 1 amide bonds. The zero-order chi connectivity index (χ0) is 10.6. The molecule has 0 spiro atoms. The monoisotopic (exact) mass is 202 g/mol. The van der Waals surface area contributed by atoms with Crippen molar-refractivity contribution in [3.05, 3.63) is 0 Å². The first-order valence-electron chi connectivity index (χ1n) is 4.47. The number of thiocarbonyl (C=S) groups is 1. The SMILES string of the molecule is CCN(CC)C(=O)C(C)(C)C(N)=S. The topological polar surface area (TPSA) is 46.3 Å². The number of carbonyl (C=O) groups is 1. The third kappa shape index (κ3) is 2.66.